The number of hydrogen-bond acceptors (Lipinski definition) is 0. The molecule has 2 aromatic carbocycles. The molecule has 0 spiro atoms. The molecular weight excluding hydrogens is 192 g/mol. The molecule has 0 heteroatoms. The van der Waals surface area contributed by atoms with Crippen molar-refractivity contribution < 1.29 is 0 Å². The Morgan fingerprint density at radius 1 is 0.750 bits per heavy atom. The summed E-state index contributed by atoms with van der Waals surface area (Å²) in [5.74, 6) is 0. The Balaban J connectivity index is 0.00000112. The van der Waals surface area contributed by atoms with E-state index in [0.717, 1.165) is 6.42 Å². The van der Waals surface area contributed by atoms with Crippen molar-refractivity contribution in [3.05, 3.63) is 71.3 Å². The van der Waals surface area contributed by atoms with Gasteiger partial charge in [0.05, 0.1) is 0 Å². The van der Waals surface area contributed by atoms with E-state index in [4.69, 9.17) is 0 Å². The minimum atomic E-state index is 0. The van der Waals surface area contributed by atoms with E-state index < -0.39 is 0 Å². The van der Waals surface area contributed by atoms with Crippen LogP contribution >= 0.6 is 0 Å². The quantitative estimate of drug-likeness (QED) is 0.670. The molecule has 0 amide bonds. The number of benzene rings is 2. The van der Waals surface area contributed by atoms with Gasteiger partial charge in [-0.1, -0.05) is 75.0 Å². The third-order valence-electron chi connectivity index (χ3n) is 2.33. The highest BCUT2D eigenvalue weighted by molar-refractivity contribution is 5.28. The molecule has 2 rings (SSSR count). The number of aryl methyl sites for hydroxylation is 1. The molecule has 2 aromatic rings. The van der Waals surface area contributed by atoms with Gasteiger partial charge < -0.3 is 0 Å². The summed E-state index contributed by atoms with van der Waals surface area (Å²) in [6, 6.07) is 19.2. The van der Waals surface area contributed by atoms with Crippen LogP contribution in [0.25, 0.3) is 0 Å². The standard InChI is InChI=1S/C14H14.2CH4/c1-12-6-5-9-14(10-12)11-13-7-3-2-4-8-13;;/h2-10H,11H2,1H3;2*1H4. The summed E-state index contributed by atoms with van der Waals surface area (Å²) < 4.78 is 0. The first-order valence-electron chi connectivity index (χ1n) is 4.94. The van der Waals surface area contributed by atoms with E-state index in [2.05, 4.69) is 61.5 Å². The van der Waals surface area contributed by atoms with Crippen LogP contribution in [0.15, 0.2) is 54.6 Å². The Labute approximate surface area is 100.0 Å². The summed E-state index contributed by atoms with van der Waals surface area (Å²) in [5, 5.41) is 0. The fourth-order valence-corrected chi connectivity index (χ4v) is 1.65. The molecule has 0 heterocycles. The fraction of sp³-hybridized carbons (Fsp3) is 0.250. The third-order valence-corrected chi connectivity index (χ3v) is 2.33. The summed E-state index contributed by atoms with van der Waals surface area (Å²) in [5.41, 5.74) is 4.09. The van der Waals surface area contributed by atoms with Gasteiger partial charge in [-0.15, -0.1) is 0 Å². The van der Waals surface area contributed by atoms with Gasteiger partial charge in [-0.2, -0.15) is 0 Å². The first kappa shape index (κ1) is 14.4. The summed E-state index contributed by atoms with van der Waals surface area (Å²) >= 11 is 0. The monoisotopic (exact) mass is 214 g/mol. The predicted molar refractivity (Wildman–Crippen MR) is 73.9 cm³/mol. The molecule has 0 bridgehead atoms. The van der Waals surface area contributed by atoms with Gasteiger partial charge in [0.25, 0.3) is 0 Å². The maximum Gasteiger partial charge on any atom is -0.00257 e. The molecular formula is C16H22. The Morgan fingerprint density at radius 2 is 1.38 bits per heavy atom. The molecule has 0 fully saturated rings. The lowest BCUT2D eigenvalue weighted by Crippen LogP contribution is -1.87. The summed E-state index contributed by atoms with van der Waals surface area (Å²) in [6.07, 6.45) is 1.03. The minimum Gasteiger partial charge on any atom is -0.0776 e. The van der Waals surface area contributed by atoms with E-state index >= 15 is 0 Å². The van der Waals surface area contributed by atoms with Crippen molar-refractivity contribution in [3.63, 3.8) is 0 Å². The van der Waals surface area contributed by atoms with Crippen LogP contribution in [0.5, 0.6) is 0 Å². The third kappa shape index (κ3) is 3.90. The molecule has 0 unspecified atom stereocenters. The van der Waals surface area contributed by atoms with Crippen molar-refractivity contribution in [3.8, 4) is 0 Å². The SMILES string of the molecule is C.C.Cc1cccc(Cc2ccccc2)c1. The molecule has 0 nitrogen and oxygen atoms in total. The zero-order valence-corrected chi connectivity index (χ0v) is 8.40. The summed E-state index contributed by atoms with van der Waals surface area (Å²) in [7, 11) is 0. The summed E-state index contributed by atoms with van der Waals surface area (Å²) in [6.45, 7) is 2.13. The molecule has 0 radical (unpaired) electrons. The molecule has 0 N–H and O–H groups in total. The van der Waals surface area contributed by atoms with E-state index in [1.807, 2.05) is 0 Å². The smallest absolute Gasteiger partial charge is 0.00257 e. The van der Waals surface area contributed by atoms with Crippen LogP contribution in [-0.2, 0) is 6.42 Å². The predicted octanol–water partition coefficient (Wildman–Crippen LogP) is 4.86. The van der Waals surface area contributed by atoms with Crippen molar-refractivity contribution in [2.45, 2.75) is 28.2 Å². The van der Waals surface area contributed by atoms with Crippen molar-refractivity contribution in [1.82, 2.24) is 0 Å². The number of hydrogen-bond donors (Lipinski definition) is 0. The largest absolute Gasteiger partial charge is 0.0776 e. The van der Waals surface area contributed by atoms with E-state index in [1.165, 1.54) is 16.7 Å². The lowest BCUT2D eigenvalue weighted by Gasteiger charge is -2.02. The Kier molecular flexibility index (Phi) is 6.17. The maximum atomic E-state index is 2.24. The van der Waals surface area contributed by atoms with Crippen LogP contribution in [0.4, 0.5) is 0 Å². The Hall–Kier alpha value is -1.56. The minimum absolute atomic E-state index is 0. The van der Waals surface area contributed by atoms with Gasteiger partial charge in [0.1, 0.15) is 0 Å². The normalized spacial score (nSPS) is 8.81. The Morgan fingerprint density at radius 3 is 2.00 bits per heavy atom. The van der Waals surface area contributed by atoms with Gasteiger partial charge in [-0.3, -0.25) is 0 Å². The maximum absolute atomic E-state index is 2.24. The van der Waals surface area contributed by atoms with E-state index in [-0.39, 0.29) is 14.9 Å². The van der Waals surface area contributed by atoms with Crippen molar-refractivity contribution >= 4 is 0 Å². The van der Waals surface area contributed by atoms with Gasteiger partial charge in [0.15, 0.2) is 0 Å². The molecule has 0 saturated carbocycles. The van der Waals surface area contributed by atoms with Crippen molar-refractivity contribution in [2.75, 3.05) is 0 Å². The molecule has 86 valence electrons. The first-order valence-corrected chi connectivity index (χ1v) is 4.94. The van der Waals surface area contributed by atoms with Gasteiger partial charge in [-0.25, -0.2) is 0 Å². The molecule has 0 aliphatic rings. The molecule has 0 atom stereocenters. The van der Waals surface area contributed by atoms with Crippen LogP contribution in [0.3, 0.4) is 0 Å². The molecule has 16 heavy (non-hydrogen) atoms. The molecule has 0 aliphatic carbocycles. The van der Waals surface area contributed by atoms with E-state index in [1.54, 1.807) is 0 Å². The zero-order valence-electron chi connectivity index (χ0n) is 8.40. The lowest BCUT2D eigenvalue weighted by atomic mass is 10.0. The zero-order chi connectivity index (χ0) is 9.80. The first-order chi connectivity index (χ1) is 6.84. The van der Waals surface area contributed by atoms with Crippen LogP contribution in [0.1, 0.15) is 31.5 Å². The van der Waals surface area contributed by atoms with Crippen LogP contribution in [0, 0.1) is 6.92 Å². The van der Waals surface area contributed by atoms with Gasteiger partial charge >= 0.3 is 0 Å². The Bertz CT molecular complexity index is 401. The second-order valence-corrected chi connectivity index (χ2v) is 3.65. The van der Waals surface area contributed by atoms with Crippen LogP contribution in [-0.4, -0.2) is 0 Å². The van der Waals surface area contributed by atoms with Gasteiger partial charge in [0, 0.05) is 0 Å². The topological polar surface area (TPSA) is 0 Å². The lowest BCUT2D eigenvalue weighted by molar-refractivity contribution is 1.18. The van der Waals surface area contributed by atoms with Gasteiger partial charge in [0.2, 0.25) is 0 Å². The average Bonchev–Trinajstić information content (AvgIpc) is 2.19. The van der Waals surface area contributed by atoms with Gasteiger partial charge in [-0.05, 0) is 24.5 Å². The van der Waals surface area contributed by atoms with E-state index in [9.17, 15) is 0 Å². The highest BCUT2D eigenvalue weighted by Crippen LogP contribution is 2.10. The highest BCUT2D eigenvalue weighted by atomic mass is 14.0. The molecule has 0 saturated heterocycles. The summed E-state index contributed by atoms with van der Waals surface area (Å²) in [4.78, 5) is 0. The van der Waals surface area contributed by atoms with Crippen LogP contribution in [0.2, 0.25) is 0 Å². The van der Waals surface area contributed by atoms with E-state index in [0.29, 0.717) is 0 Å². The van der Waals surface area contributed by atoms with Crippen LogP contribution < -0.4 is 0 Å². The average molecular weight is 214 g/mol. The number of rotatable bonds is 2. The van der Waals surface area contributed by atoms with Crippen molar-refractivity contribution in [1.29, 1.82) is 0 Å². The molecule has 0 aromatic heterocycles. The second-order valence-electron chi connectivity index (χ2n) is 3.65. The second kappa shape index (κ2) is 6.84. The molecule has 0 aliphatic heterocycles. The fourth-order valence-electron chi connectivity index (χ4n) is 1.65. The highest BCUT2D eigenvalue weighted by Gasteiger charge is 1.94. The van der Waals surface area contributed by atoms with Crippen molar-refractivity contribution in [2.24, 2.45) is 0 Å².